The minimum Gasteiger partial charge on any atom is -0.361 e. The van der Waals surface area contributed by atoms with E-state index in [9.17, 15) is 9.59 Å². The Kier molecular flexibility index (Phi) is 5.44. The van der Waals surface area contributed by atoms with Gasteiger partial charge < -0.3 is 24.7 Å². The SMILES string of the molecule is O=C(Cc1c[nH]c2ccccc12)N1CCN(C(=O)Nc2cccc(-c3nnc4n3CCC4)c2)CC1. The molecule has 0 radical (unpaired) electrons. The lowest BCUT2D eigenvalue weighted by molar-refractivity contribution is -0.131. The molecule has 0 spiro atoms. The number of aryl methyl sites for hydroxylation is 1. The highest BCUT2D eigenvalue weighted by molar-refractivity contribution is 5.91. The van der Waals surface area contributed by atoms with Gasteiger partial charge in [-0.1, -0.05) is 30.3 Å². The highest BCUT2D eigenvalue weighted by atomic mass is 16.2. The number of aromatic nitrogens is 4. The van der Waals surface area contributed by atoms with Crippen LogP contribution in [0.5, 0.6) is 0 Å². The van der Waals surface area contributed by atoms with E-state index in [0.29, 0.717) is 32.6 Å². The number of carbonyl (C=O) groups excluding carboxylic acids is 2. The van der Waals surface area contributed by atoms with E-state index in [1.807, 2.05) is 59.6 Å². The topological polar surface area (TPSA) is 99.2 Å². The van der Waals surface area contributed by atoms with Crippen LogP contribution in [0.1, 0.15) is 17.8 Å². The highest BCUT2D eigenvalue weighted by Crippen LogP contribution is 2.25. The van der Waals surface area contributed by atoms with Gasteiger partial charge >= 0.3 is 6.03 Å². The van der Waals surface area contributed by atoms with E-state index in [-0.39, 0.29) is 11.9 Å². The number of hydrogen-bond donors (Lipinski definition) is 2. The van der Waals surface area contributed by atoms with Gasteiger partial charge in [-0.25, -0.2) is 4.79 Å². The third kappa shape index (κ3) is 4.14. The van der Waals surface area contributed by atoms with Crippen LogP contribution in [0.25, 0.3) is 22.3 Å². The van der Waals surface area contributed by atoms with Crippen molar-refractivity contribution in [3.8, 4) is 11.4 Å². The number of fused-ring (bicyclic) bond motifs is 2. The lowest BCUT2D eigenvalue weighted by atomic mass is 10.1. The summed E-state index contributed by atoms with van der Waals surface area (Å²) in [5.74, 6) is 1.95. The third-order valence-electron chi connectivity index (χ3n) is 6.92. The van der Waals surface area contributed by atoms with E-state index in [4.69, 9.17) is 0 Å². The van der Waals surface area contributed by atoms with Gasteiger partial charge in [0, 0.05) is 67.5 Å². The van der Waals surface area contributed by atoms with E-state index in [0.717, 1.165) is 58.8 Å². The molecule has 9 nitrogen and oxygen atoms in total. The number of hydrogen-bond acceptors (Lipinski definition) is 4. The Morgan fingerprint density at radius 3 is 2.66 bits per heavy atom. The van der Waals surface area contributed by atoms with Crippen molar-refractivity contribution in [2.24, 2.45) is 0 Å². The zero-order chi connectivity index (χ0) is 23.8. The molecule has 3 amide bonds. The minimum atomic E-state index is -0.155. The number of anilines is 1. The quantitative estimate of drug-likeness (QED) is 0.479. The summed E-state index contributed by atoms with van der Waals surface area (Å²) < 4.78 is 2.15. The largest absolute Gasteiger partial charge is 0.361 e. The van der Waals surface area contributed by atoms with Gasteiger partial charge in [0.1, 0.15) is 5.82 Å². The van der Waals surface area contributed by atoms with Crippen LogP contribution in [0.3, 0.4) is 0 Å². The van der Waals surface area contributed by atoms with Crippen molar-refractivity contribution < 1.29 is 9.59 Å². The molecule has 4 aromatic rings. The first-order valence-corrected chi connectivity index (χ1v) is 12.1. The van der Waals surface area contributed by atoms with E-state index in [1.54, 1.807) is 4.90 Å². The van der Waals surface area contributed by atoms with Crippen molar-refractivity contribution in [1.29, 1.82) is 0 Å². The maximum atomic E-state index is 12.9. The van der Waals surface area contributed by atoms with E-state index >= 15 is 0 Å². The molecular weight excluding hydrogens is 442 g/mol. The van der Waals surface area contributed by atoms with E-state index < -0.39 is 0 Å². The summed E-state index contributed by atoms with van der Waals surface area (Å²) in [7, 11) is 0. The second-order valence-electron chi connectivity index (χ2n) is 9.11. The van der Waals surface area contributed by atoms with Gasteiger partial charge in [0.2, 0.25) is 5.91 Å². The number of para-hydroxylation sites is 1. The number of benzene rings is 2. The van der Waals surface area contributed by atoms with Gasteiger partial charge in [0.15, 0.2) is 5.82 Å². The molecule has 0 saturated carbocycles. The first-order chi connectivity index (χ1) is 17.2. The Labute approximate surface area is 202 Å². The summed E-state index contributed by atoms with van der Waals surface area (Å²) in [5, 5.41) is 12.7. The van der Waals surface area contributed by atoms with Crippen LogP contribution in [-0.4, -0.2) is 67.7 Å². The molecule has 1 saturated heterocycles. The second-order valence-corrected chi connectivity index (χ2v) is 9.11. The third-order valence-corrected chi connectivity index (χ3v) is 6.92. The van der Waals surface area contributed by atoms with Gasteiger partial charge in [-0.05, 0) is 30.2 Å². The number of aromatic amines is 1. The van der Waals surface area contributed by atoms with Crippen LogP contribution < -0.4 is 5.32 Å². The molecule has 2 aromatic heterocycles. The summed E-state index contributed by atoms with van der Waals surface area (Å²) in [6, 6.07) is 15.6. The second kappa shape index (κ2) is 8.90. The molecule has 0 bridgehead atoms. The average Bonchev–Trinajstić information content (AvgIpc) is 3.61. The van der Waals surface area contributed by atoms with Crippen molar-refractivity contribution in [3.05, 3.63) is 66.1 Å². The summed E-state index contributed by atoms with van der Waals surface area (Å²) in [5.41, 5.74) is 3.70. The van der Waals surface area contributed by atoms with Gasteiger partial charge in [-0.15, -0.1) is 10.2 Å². The molecule has 2 N–H and O–H groups in total. The number of nitrogens with zero attached hydrogens (tertiary/aromatic N) is 5. The van der Waals surface area contributed by atoms with Gasteiger partial charge in [0.05, 0.1) is 6.42 Å². The minimum absolute atomic E-state index is 0.0864. The highest BCUT2D eigenvalue weighted by Gasteiger charge is 2.25. The van der Waals surface area contributed by atoms with Crippen molar-refractivity contribution >= 4 is 28.5 Å². The molecular formula is C26H27N7O2. The van der Waals surface area contributed by atoms with Crippen LogP contribution in [0, 0.1) is 0 Å². The van der Waals surface area contributed by atoms with Crippen LogP contribution >= 0.6 is 0 Å². The number of amides is 3. The van der Waals surface area contributed by atoms with Gasteiger partial charge in [0.25, 0.3) is 0 Å². The lowest BCUT2D eigenvalue weighted by Crippen LogP contribution is -2.52. The van der Waals surface area contributed by atoms with Crippen LogP contribution in [0.15, 0.2) is 54.7 Å². The molecule has 0 aliphatic carbocycles. The number of rotatable bonds is 4. The Morgan fingerprint density at radius 2 is 1.77 bits per heavy atom. The van der Waals surface area contributed by atoms with Crippen LogP contribution in [0.2, 0.25) is 0 Å². The van der Waals surface area contributed by atoms with E-state index in [2.05, 4.69) is 25.1 Å². The Bertz CT molecular complexity index is 1400. The van der Waals surface area contributed by atoms with Gasteiger partial charge in [-0.2, -0.15) is 0 Å². The van der Waals surface area contributed by atoms with Crippen molar-refractivity contribution in [3.63, 3.8) is 0 Å². The molecule has 1 fully saturated rings. The molecule has 2 aliphatic heterocycles. The van der Waals surface area contributed by atoms with Crippen molar-refractivity contribution in [2.75, 3.05) is 31.5 Å². The predicted molar refractivity (Wildman–Crippen MR) is 133 cm³/mol. The molecule has 4 heterocycles. The fraction of sp³-hybridized carbons (Fsp3) is 0.308. The number of H-pyrrole nitrogens is 1. The van der Waals surface area contributed by atoms with Crippen LogP contribution in [0.4, 0.5) is 10.5 Å². The average molecular weight is 470 g/mol. The molecule has 0 atom stereocenters. The molecule has 0 unspecified atom stereocenters. The molecule has 35 heavy (non-hydrogen) atoms. The number of urea groups is 1. The first kappa shape index (κ1) is 21.4. The monoisotopic (exact) mass is 469 g/mol. The Hall–Kier alpha value is -4.14. The summed E-state index contributed by atoms with van der Waals surface area (Å²) in [6.45, 7) is 2.99. The van der Waals surface area contributed by atoms with Crippen molar-refractivity contribution in [1.82, 2.24) is 29.5 Å². The molecule has 9 heteroatoms. The van der Waals surface area contributed by atoms with Crippen molar-refractivity contribution in [2.45, 2.75) is 25.8 Å². The zero-order valence-corrected chi connectivity index (χ0v) is 19.4. The lowest BCUT2D eigenvalue weighted by Gasteiger charge is -2.34. The number of nitrogens with one attached hydrogen (secondary N) is 2. The smallest absolute Gasteiger partial charge is 0.321 e. The Balaban J connectivity index is 1.06. The molecule has 2 aromatic carbocycles. The number of carbonyl (C=O) groups is 2. The summed E-state index contributed by atoms with van der Waals surface area (Å²) in [4.78, 5) is 32.6. The Morgan fingerprint density at radius 1 is 0.943 bits per heavy atom. The molecule has 6 rings (SSSR count). The number of piperazine rings is 1. The fourth-order valence-corrected chi connectivity index (χ4v) is 5.01. The standard InChI is InChI=1S/C26H27N7O2/c34-24(16-19-17-27-22-8-2-1-7-21(19)22)31-11-13-32(14-12-31)26(35)28-20-6-3-5-18(15-20)25-30-29-23-9-4-10-33(23)25/h1-3,5-8,15,17,27H,4,9-14,16H2,(H,28,35). The van der Waals surface area contributed by atoms with Gasteiger partial charge in [-0.3, -0.25) is 4.79 Å². The zero-order valence-electron chi connectivity index (χ0n) is 19.4. The maximum absolute atomic E-state index is 12.9. The summed E-state index contributed by atoms with van der Waals surface area (Å²) in [6.07, 6.45) is 4.31. The predicted octanol–water partition coefficient (Wildman–Crippen LogP) is 3.29. The maximum Gasteiger partial charge on any atom is 0.321 e. The molecule has 2 aliphatic rings. The first-order valence-electron chi connectivity index (χ1n) is 12.1. The van der Waals surface area contributed by atoms with E-state index in [1.165, 1.54) is 0 Å². The van der Waals surface area contributed by atoms with Crippen LogP contribution in [-0.2, 0) is 24.2 Å². The summed E-state index contributed by atoms with van der Waals surface area (Å²) >= 11 is 0. The normalized spacial score (nSPS) is 15.4. The fourth-order valence-electron chi connectivity index (χ4n) is 5.01. The molecule has 178 valence electrons.